The number of nitrogens with two attached hydrogens (primary N) is 1. The summed E-state index contributed by atoms with van der Waals surface area (Å²) in [6.07, 6.45) is -0.0823. The number of phenolic OH excluding ortho intramolecular Hbond substituents is 2. The second-order valence-corrected chi connectivity index (χ2v) is 10.5. The number of methoxy groups -OCH3 is 1. The van der Waals surface area contributed by atoms with Crippen LogP contribution in [0.25, 0.3) is 22.3 Å². The molecule has 224 valence electrons. The number of fused-ring (bicyclic) bond motifs is 1. The molecular weight excluding hydrogens is 554 g/mol. The van der Waals surface area contributed by atoms with Gasteiger partial charge in [0.2, 0.25) is 5.91 Å². The normalized spacial score (nSPS) is 14.4. The molecule has 1 aromatic heterocycles. The van der Waals surface area contributed by atoms with Gasteiger partial charge in [0.15, 0.2) is 23.5 Å². The number of nitrogens with zero attached hydrogens (tertiary/aromatic N) is 2. The SMILES string of the molecule is COc1cc(C(CC(=O)N2CCN(C)CC2)c2c(O)cc(O)c3c(=O)cc(-c4ccccc4)oc23)ccc1OCC(N)=O. The number of carbonyl (C=O) groups excluding carboxylic acids is 2. The van der Waals surface area contributed by atoms with E-state index in [0.29, 0.717) is 24.2 Å². The third-order valence-corrected chi connectivity index (χ3v) is 7.60. The lowest BCUT2D eigenvalue weighted by atomic mass is 9.85. The maximum Gasteiger partial charge on any atom is 0.255 e. The smallest absolute Gasteiger partial charge is 0.255 e. The fraction of sp³-hybridized carbons (Fsp3) is 0.281. The van der Waals surface area contributed by atoms with Gasteiger partial charge in [-0.15, -0.1) is 0 Å². The van der Waals surface area contributed by atoms with Crippen molar-refractivity contribution in [1.82, 2.24) is 9.80 Å². The number of amides is 2. The number of aromatic hydroxyl groups is 2. The molecule has 0 radical (unpaired) electrons. The molecular formula is C32H33N3O8. The molecule has 1 unspecified atom stereocenters. The first kappa shape index (κ1) is 29.5. The van der Waals surface area contributed by atoms with Crippen molar-refractivity contribution in [2.75, 3.05) is 46.9 Å². The zero-order chi connectivity index (χ0) is 30.7. The number of carbonyl (C=O) groups is 2. The van der Waals surface area contributed by atoms with E-state index in [1.54, 1.807) is 47.4 Å². The van der Waals surface area contributed by atoms with Gasteiger partial charge in [0.05, 0.1) is 7.11 Å². The number of likely N-dealkylation sites (N-methyl/N-ethyl adjacent to an activating group) is 1. The van der Waals surface area contributed by atoms with Crippen LogP contribution < -0.4 is 20.6 Å². The molecule has 11 nitrogen and oxygen atoms in total. The Morgan fingerprint density at radius 3 is 2.37 bits per heavy atom. The van der Waals surface area contributed by atoms with Crippen LogP contribution in [-0.2, 0) is 9.59 Å². The second-order valence-electron chi connectivity index (χ2n) is 10.5. The Morgan fingerprint density at radius 2 is 1.70 bits per heavy atom. The number of primary amides is 1. The minimum absolute atomic E-state index is 0.0342. The van der Waals surface area contributed by atoms with Crippen molar-refractivity contribution in [3.8, 4) is 34.3 Å². The van der Waals surface area contributed by atoms with Crippen LogP contribution in [-0.4, -0.2) is 78.8 Å². The molecule has 0 spiro atoms. The number of benzene rings is 3. The number of piperazine rings is 1. The summed E-state index contributed by atoms with van der Waals surface area (Å²) >= 11 is 0. The second kappa shape index (κ2) is 12.5. The Labute approximate surface area is 247 Å². The Balaban J connectivity index is 1.69. The predicted molar refractivity (Wildman–Crippen MR) is 159 cm³/mol. The highest BCUT2D eigenvalue weighted by atomic mass is 16.5. The van der Waals surface area contributed by atoms with Crippen LogP contribution >= 0.6 is 0 Å². The average Bonchev–Trinajstić information content (AvgIpc) is 2.99. The van der Waals surface area contributed by atoms with E-state index in [9.17, 15) is 24.6 Å². The summed E-state index contributed by atoms with van der Waals surface area (Å²) in [5.74, 6) is -1.68. The molecule has 2 amide bonds. The van der Waals surface area contributed by atoms with Gasteiger partial charge in [0.1, 0.15) is 28.2 Å². The van der Waals surface area contributed by atoms with E-state index >= 15 is 0 Å². The Bertz CT molecular complexity index is 1710. The first-order valence-corrected chi connectivity index (χ1v) is 13.8. The van der Waals surface area contributed by atoms with Crippen molar-refractivity contribution in [2.24, 2.45) is 5.73 Å². The summed E-state index contributed by atoms with van der Waals surface area (Å²) < 4.78 is 17.3. The van der Waals surface area contributed by atoms with Gasteiger partial charge in [-0.1, -0.05) is 36.4 Å². The van der Waals surface area contributed by atoms with Crippen LogP contribution in [0.3, 0.4) is 0 Å². The first-order chi connectivity index (χ1) is 20.7. The van der Waals surface area contributed by atoms with Crippen LogP contribution in [0.1, 0.15) is 23.5 Å². The van der Waals surface area contributed by atoms with Crippen molar-refractivity contribution in [1.29, 1.82) is 0 Å². The molecule has 1 saturated heterocycles. The van der Waals surface area contributed by atoms with Crippen LogP contribution in [0, 0.1) is 0 Å². The van der Waals surface area contributed by atoms with Crippen molar-refractivity contribution in [3.05, 3.63) is 82.0 Å². The Hall–Kier alpha value is -5.03. The van der Waals surface area contributed by atoms with E-state index in [-0.39, 0.29) is 58.5 Å². The fourth-order valence-corrected chi connectivity index (χ4v) is 5.32. The van der Waals surface area contributed by atoms with E-state index < -0.39 is 23.0 Å². The minimum Gasteiger partial charge on any atom is -0.507 e. The van der Waals surface area contributed by atoms with Crippen LogP contribution in [0.15, 0.2) is 69.9 Å². The van der Waals surface area contributed by atoms with E-state index in [2.05, 4.69) is 4.90 Å². The molecule has 0 bridgehead atoms. The van der Waals surface area contributed by atoms with E-state index in [1.165, 1.54) is 13.2 Å². The van der Waals surface area contributed by atoms with Crippen molar-refractivity contribution in [3.63, 3.8) is 0 Å². The summed E-state index contributed by atoms with van der Waals surface area (Å²) in [4.78, 5) is 42.2. The van der Waals surface area contributed by atoms with Gasteiger partial charge in [0, 0.05) is 61.8 Å². The average molecular weight is 588 g/mol. The monoisotopic (exact) mass is 587 g/mol. The maximum absolute atomic E-state index is 13.7. The number of phenols is 2. The lowest BCUT2D eigenvalue weighted by molar-refractivity contribution is -0.133. The number of hydrogen-bond donors (Lipinski definition) is 3. The summed E-state index contributed by atoms with van der Waals surface area (Å²) in [5.41, 5.74) is 6.03. The highest BCUT2D eigenvalue weighted by Crippen LogP contribution is 2.44. The van der Waals surface area contributed by atoms with E-state index in [1.807, 2.05) is 13.1 Å². The highest BCUT2D eigenvalue weighted by molar-refractivity contribution is 5.91. The Morgan fingerprint density at radius 1 is 0.977 bits per heavy atom. The van der Waals surface area contributed by atoms with Gasteiger partial charge >= 0.3 is 0 Å². The van der Waals surface area contributed by atoms with Crippen molar-refractivity contribution >= 4 is 22.8 Å². The molecule has 0 aliphatic carbocycles. The number of hydrogen-bond acceptors (Lipinski definition) is 9. The molecule has 4 N–H and O–H groups in total. The fourth-order valence-electron chi connectivity index (χ4n) is 5.32. The molecule has 0 saturated carbocycles. The molecule has 11 heteroatoms. The van der Waals surface area contributed by atoms with E-state index in [4.69, 9.17) is 19.6 Å². The minimum atomic E-state index is -0.830. The lowest BCUT2D eigenvalue weighted by Crippen LogP contribution is -2.47. The van der Waals surface area contributed by atoms with E-state index in [0.717, 1.165) is 19.2 Å². The third-order valence-electron chi connectivity index (χ3n) is 7.60. The van der Waals surface area contributed by atoms with Crippen LogP contribution in [0.2, 0.25) is 0 Å². The van der Waals surface area contributed by atoms with Gasteiger partial charge < -0.3 is 39.6 Å². The first-order valence-electron chi connectivity index (χ1n) is 13.8. The highest BCUT2D eigenvalue weighted by Gasteiger charge is 2.31. The number of ether oxygens (including phenoxy) is 2. The standard InChI is InChI=1S/C32H33N3O8/c1-34-10-12-35(13-11-34)29(40)15-21(20-8-9-25(27(14-20)41-2)42-18-28(33)39)30-22(36)16-23(37)31-24(38)17-26(43-32(30)31)19-6-4-3-5-7-19/h3-9,14,16-17,21,36-37H,10-13,15,18H2,1-2H3,(H2,33,39). The molecule has 5 rings (SSSR count). The molecule has 1 atom stereocenters. The predicted octanol–water partition coefficient (Wildman–Crippen LogP) is 3.04. The molecule has 1 aliphatic rings. The molecule has 1 fully saturated rings. The molecule has 1 aliphatic heterocycles. The van der Waals surface area contributed by atoms with Gasteiger partial charge in [-0.05, 0) is 24.7 Å². The summed E-state index contributed by atoms with van der Waals surface area (Å²) in [6, 6.07) is 16.2. The summed E-state index contributed by atoms with van der Waals surface area (Å²) in [7, 11) is 3.42. The summed E-state index contributed by atoms with van der Waals surface area (Å²) in [6.45, 7) is 2.16. The van der Waals surface area contributed by atoms with Gasteiger partial charge in [-0.25, -0.2) is 0 Å². The van der Waals surface area contributed by atoms with Gasteiger partial charge in [0.25, 0.3) is 5.91 Å². The van der Waals surface area contributed by atoms with Crippen LogP contribution in [0.5, 0.6) is 23.0 Å². The van der Waals surface area contributed by atoms with Crippen molar-refractivity contribution < 1.29 is 33.7 Å². The molecule has 4 aromatic rings. The zero-order valence-corrected chi connectivity index (χ0v) is 23.9. The van der Waals surface area contributed by atoms with Gasteiger partial charge in [-0.2, -0.15) is 0 Å². The third kappa shape index (κ3) is 6.26. The largest absolute Gasteiger partial charge is 0.507 e. The van der Waals surface area contributed by atoms with Gasteiger partial charge in [-0.3, -0.25) is 14.4 Å². The number of rotatable bonds is 9. The van der Waals surface area contributed by atoms with Crippen molar-refractivity contribution in [2.45, 2.75) is 12.3 Å². The van der Waals surface area contributed by atoms with Crippen LogP contribution in [0.4, 0.5) is 0 Å². The molecule has 43 heavy (non-hydrogen) atoms. The summed E-state index contributed by atoms with van der Waals surface area (Å²) in [5, 5.41) is 21.9. The zero-order valence-electron chi connectivity index (χ0n) is 23.9. The quantitative estimate of drug-likeness (QED) is 0.268. The lowest BCUT2D eigenvalue weighted by Gasteiger charge is -2.33. The molecule has 2 heterocycles. The molecule has 3 aromatic carbocycles. The topological polar surface area (TPSA) is 156 Å². The maximum atomic E-state index is 13.7. The Kier molecular flexibility index (Phi) is 8.53.